The Kier molecular flexibility index (Phi) is 4.19. The molecular formula is C12H15BrN2O3. The molecule has 1 atom stereocenters. The maximum atomic E-state index is 11.0. The van der Waals surface area contributed by atoms with Crippen LogP contribution in [0.1, 0.15) is 12.8 Å². The van der Waals surface area contributed by atoms with Gasteiger partial charge in [-0.15, -0.1) is 0 Å². The summed E-state index contributed by atoms with van der Waals surface area (Å²) in [5.41, 5.74) is 0.803. The minimum Gasteiger partial charge on any atom is -0.396 e. The van der Waals surface area contributed by atoms with Gasteiger partial charge in [-0.25, -0.2) is 0 Å². The van der Waals surface area contributed by atoms with Gasteiger partial charge in [0.25, 0.3) is 5.69 Å². The Hall–Kier alpha value is -1.14. The predicted octanol–water partition coefficient (Wildman–Crippen LogP) is 2.57. The zero-order valence-electron chi connectivity index (χ0n) is 9.88. The normalized spacial score (nSPS) is 19.2. The minimum absolute atomic E-state index is 0.142. The van der Waals surface area contributed by atoms with E-state index >= 15 is 0 Å². The van der Waals surface area contributed by atoms with Gasteiger partial charge in [0, 0.05) is 30.2 Å². The highest BCUT2D eigenvalue weighted by atomic mass is 79.9. The zero-order valence-corrected chi connectivity index (χ0v) is 11.5. The molecule has 1 aromatic carbocycles. The number of aliphatic hydroxyl groups is 1. The molecule has 1 aromatic rings. The van der Waals surface area contributed by atoms with Gasteiger partial charge in [0.15, 0.2) is 0 Å². The summed E-state index contributed by atoms with van der Waals surface area (Å²) in [5.74, 6) is 0.425. The lowest BCUT2D eigenvalue weighted by Gasteiger charge is -2.18. The van der Waals surface area contributed by atoms with E-state index in [1.54, 1.807) is 12.1 Å². The molecule has 1 saturated heterocycles. The summed E-state index contributed by atoms with van der Waals surface area (Å²) in [5, 5.41) is 20.0. The molecule has 0 spiro atoms. The highest BCUT2D eigenvalue weighted by molar-refractivity contribution is 9.10. The molecule has 1 aliphatic heterocycles. The number of aliphatic hydroxyl groups excluding tert-OH is 1. The van der Waals surface area contributed by atoms with Gasteiger partial charge in [-0.3, -0.25) is 10.1 Å². The lowest BCUT2D eigenvalue weighted by atomic mass is 10.1. The molecule has 1 N–H and O–H groups in total. The van der Waals surface area contributed by atoms with Crippen molar-refractivity contribution in [2.24, 2.45) is 5.92 Å². The molecule has 0 bridgehead atoms. The Morgan fingerprint density at radius 2 is 2.33 bits per heavy atom. The first-order valence-electron chi connectivity index (χ1n) is 5.91. The summed E-state index contributed by atoms with van der Waals surface area (Å²) in [6, 6.07) is 5.00. The third-order valence-corrected chi connectivity index (χ3v) is 3.79. The molecule has 18 heavy (non-hydrogen) atoms. The van der Waals surface area contributed by atoms with Crippen molar-refractivity contribution < 1.29 is 10.0 Å². The number of nitro groups is 1. The van der Waals surface area contributed by atoms with Gasteiger partial charge in [-0.1, -0.05) is 15.9 Å². The molecule has 5 nitrogen and oxygen atoms in total. The third kappa shape index (κ3) is 2.81. The van der Waals surface area contributed by atoms with E-state index in [0.29, 0.717) is 11.6 Å². The zero-order chi connectivity index (χ0) is 13.1. The molecule has 98 valence electrons. The van der Waals surface area contributed by atoms with Crippen molar-refractivity contribution >= 4 is 27.3 Å². The highest BCUT2D eigenvalue weighted by Crippen LogP contribution is 2.34. The van der Waals surface area contributed by atoms with Gasteiger partial charge in [-0.2, -0.15) is 0 Å². The molecule has 1 heterocycles. The van der Waals surface area contributed by atoms with Crippen LogP contribution in [-0.2, 0) is 0 Å². The first-order chi connectivity index (χ1) is 8.61. The molecule has 0 amide bonds. The SMILES string of the molecule is O=[N+]([O-])c1ccc(Br)cc1N1CCC(CCO)C1. The van der Waals surface area contributed by atoms with Crippen LogP contribution in [-0.4, -0.2) is 29.7 Å². The molecule has 2 rings (SSSR count). The predicted molar refractivity (Wildman–Crippen MR) is 72.8 cm³/mol. The van der Waals surface area contributed by atoms with E-state index in [2.05, 4.69) is 15.9 Å². The van der Waals surface area contributed by atoms with Gasteiger partial charge in [-0.05, 0) is 30.9 Å². The highest BCUT2D eigenvalue weighted by Gasteiger charge is 2.27. The summed E-state index contributed by atoms with van der Waals surface area (Å²) < 4.78 is 0.841. The van der Waals surface area contributed by atoms with Crippen LogP contribution in [0.25, 0.3) is 0 Å². The first-order valence-corrected chi connectivity index (χ1v) is 6.71. The lowest BCUT2D eigenvalue weighted by molar-refractivity contribution is -0.384. The smallest absolute Gasteiger partial charge is 0.292 e. The van der Waals surface area contributed by atoms with E-state index < -0.39 is 0 Å². The number of rotatable bonds is 4. The fourth-order valence-electron chi connectivity index (χ4n) is 2.37. The summed E-state index contributed by atoms with van der Waals surface area (Å²) in [6.07, 6.45) is 1.74. The molecule has 1 fully saturated rings. The van der Waals surface area contributed by atoms with Gasteiger partial charge in [0.2, 0.25) is 0 Å². The monoisotopic (exact) mass is 314 g/mol. The van der Waals surface area contributed by atoms with Crippen molar-refractivity contribution in [1.82, 2.24) is 0 Å². The molecule has 1 aliphatic rings. The summed E-state index contributed by atoms with van der Waals surface area (Å²) >= 11 is 3.35. The van der Waals surface area contributed by atoms with Crippen LogP contribution in [0.5, 0.6) is 0 Å². The fraction of sp³-hybridized carbons (Fsp3) is 0.500. The summed E-state index contributed by atoms with van der Waals surface area (Å²) in [4.78, 5) is 12.7. The van der Waals surface area contributed by atoms with Crippen molar-refractivity contribution in [3.63, 3.8) is 0 Å². The second kappa shape index (κ2) is 5.67. The molecule has 6 heteroatoms. The average molecular weight is 315 g/mol. The van der Waals surface area contributed by atoms with E-state index in [1.807, 2.05) is 4.90 Å². The maximum absolute atomic E-state index is 11.0. The Labute approximate surface area is 114 Å². The second-order valence-electron chi connectivity index (χ2n) is 4.50. The van der Waals surface area contributed by atoms with Gasteiger partial charge < -0.3 is 10.0 Å². The average Bonchev–Trinajstić information content (AvgIpc) is 2.77. The lowest BCUT2D eigenvalue weighted by Crippen LogP contribution is -2.21. The summed E-state index contributed by atoms with van der Waals surface area (Å²) in [7, 11) is 0. The van der Waals surface area contributed by atoms with Crippen LogP contribution in [0.3, 0.4) is 0 Å². The van der Waals surface area contributed by atoms with Gasteiger partial charge in [0.1, 0.15) is 5.69 Å². The molecule has 0 aromatic heterocycles. The largest absolute Gasteiger partial charge is 0.396 e. The fourth-order valence-corrected chi connectivity index (χ4v) is 2.72. The number of nitro benzene ring substituents is 1. The van der Waals surface area contributed by atoms with E-state index in [1.165, 1.54) is 6.07 Å². The Bertz CT molecular complexity index is 453. The number of hydrogen-bond acceptors (Lipinski definition) is 4. The van der Waals surface area contributed by atoms with Crippen LogP contribution < -0.4 is 4.90 Å². The van der Waals surface area contributed by atoms with Gasteiger partial charge in [0.05, 0.1) is 4.92 Å². The van der Waals surface area contributed by atoms with Crippen molar-refractivity contribution in [2.75, 3.05) is 24.6 Å². The number of hydrogen-bond donors (Lipinski definition) is 1. The van der Waals surface area contributed by atoms with E-state index in [0.717, 1.165) is 30.4 Å². The summed E-state index contributed by atoms with van der Waals surface area (Å²) in [6.45, 7) is 1.76. The van der Waals surface area contributed by atoms with Crippen LogP contribution in [0, 0.1) is 16.0 Å². The Balaban J connectivity index is 2.23. The van der Waals surface area contributed by atoms with Crippen LogP contribution >= 0.6 is 15.9 Å². The molecular weight excluding hydrogens is 300 g/mol. The number of nitrogens with zero attached hydrogens (tertiary/aromatic N) is 2. The van der Waals surface area contributed by atoms with Crippen molar-refractivity contribution in [2.45, 2.75) is 12.8 Å². The molecule has 1 unspecified atom stereocenters. The van der Waals surface area contributed by atoms with Crippen LogP contribution in [0.2, 0.25) is 0 Å². The van der Waals surface area contributed by atoms with Crippen molar-refractivity contribution in [3.8, 4) is 0 Å². The topological polar surface area (TPSA) is 66.6 Å². The second-order valence-corrected chi connectivity index (χ2v) is 5.42. The first kappa shape index (κ1) is 13.3. The van der Waals surface area contributed by atoms with Crippen LogP contribution in [0.15, 0.2) is 22.7 Å². The third-order valence-electron chi connectivity index (χ3n) is 3.30. The molecule has 0 saturated carbocycles. The van der Waals surface area contributed by atoms with E-state index in [4.69, 9.17) is 5.11 Å². The van der Waals surface area contributed by atoms with Crippen molar-refractivity contribution in [3.05, 3.63) is 32.8 Å². The minimum atomic E-state index is -0.346. The van der Waals surface area contributed by atoms with Gasteiger partial charge >= 0.3 is 0 Å². The van der Waals surface area contributed by atoms with Crippen LogP contribution in [0.4, 0.5) is 11.4 Å². The number of anilines is 1. The standard InChI is InChI=1S/C12H15BrN2O3/c13-10-1-2-11(15(17)18)12(7-10)14-5-3-9(8-14)4-6-16/h1-2,7,9,16H,3-6,8H2. The quantitative estimate of drug-likeness (QED) is 0.685. The maximum Gasteiger partial charge on any atom is 0.292 e. The number of benzene rings is 1. The van der Waals surface area contributed by atoms with E-state index in [-0.39, 0.29) is 17.2 Å². The molecule has 0 radical (unpaired) electrons. The Morgan fingerprint density at radius 3 is 3.00 bits per heavy atom. The number of halogens is 1. The van der Waals surface area contributed by atoms with E-state index in [9.17, 15) is 10.1 Å². The Morgan fingerprint density at radius 1 is 1.56 bits per heavy atom. The van der Waals surface area contributed by atoms with Crippen molar-refractivity contribution in [1.29, 1.82) is 0 Å². The molecule has 0 aliphatic carbocycles.